The maximum absolute atomic E-state index is 15.0. The number of epoxide rings is 1. The summed E-state index contributed by atoms with van der Waals surface area (Å²) in [5, 5.41) is 10.1. The average molecular weight is 509 g/mol. The van der Waals surface area contributed by atoms with Gasteiger partial charge in [-0.2, -0.15) is 0 Å². The number of aliphatic hydroxyl groups excluding tert-OH is 1. The summed E-state index contributed by atoms with van der Waals surface area (Å²) in [6, 6.07) is 16.0. The van der Waals surface area contributed by atoms with E-state index in [0.717, 1.165) is 49.7 Å². The van der Waals surface area contributed by atoms with E-state index in [0.29, 0.717) is 48.0 Å². The molecule has 5 heteroatoms. The van der Waals surface area contributed by atoms with Gasteiger partial charge in [0.1, 0.15) is 11.9 Å². The molecule has 1 saturated heterocycles. The monoisotopic (exact) mass is 508 g/mol. The Kier molecular flexibility index (Phi) is 8.01. The lowest BCUT2D eigenvalue weighted by atomic mass is 9.76. The third-order valence-corrected chi connectivity index (χ3v) is 8.18. The van der Waals surface area contributed by atoms with Crippen LogP contribution in [0.15, 0.2) is 54.6 Å². The summed E-state index contributed by atoms with van der Waals surface area (Å²) in [5.41, 5.74) is 3.75. The van der Waals surface area contributed by atoms with E-state index < -0.39 is 17.7 Å². The lowest BCUT2D eigenvalue weighted by molar-refractivity contribution is 0.166. The smallest absolute Gasteiger partial charge is 0.166 e. The Hall–Kier alpha value is -2.63. The van der Waals surface area contributed by atoms with Crippen LogP contribution in [0, 0.1) is 23.4 Å². The number of hydrogen-bond donors (Lipinski definition) is 1. The quantitative estimate of drug-likeness (QED) is 0.294. The summed E-state index contributed by atoms with van der Waals surface area (Å²) in [6.45, 7) is 2.61. The molecule has 1 aliphatic carbocycles. The lowest BCUT2D eigenvalue weighted by Crippen LogP contribution is -2.14. The SMILES string of the molecule is CCCC(O)c1ccc(-c2ccc(CCC3CCC(c4ccc(C5CO5)c(F)c4)CC3)c(F)c2F)cc1. The average Bonchev–Trinajstić information content (AvgIpc) is 3.75. The molecule has 0 radical (unpaired) electrons. The first-order valence-electron chi connectivity index (χ1n) is 13.6. The first-order valence-corrected chi connectivity index (χ1v) is 13.6. The van der Waals surface area contributed by atoms with Crippen molar-refractivity contribution in [2.75, 3.05) is 6.61 Å². The van der Waals surface area contributed by atoms with E-state index >= 15 is 0 Å². The summed E-state index contributed by atoms with van der Waals surface area (Å²) in [4.78, 5) is 0. The fourth-order valence-electron chi connectivity index (χ4n) is 5.76. The molecule has 0 spiro atoms. The molecule has 0 amide bonds. The highest BCUT2D eigenvalue weighted by Crippen LogP contribution is 2.40. The first-order chi connectivity index (χ1) is 17.9. The molecule has 5 rings (SSSR count). The van der Waals surface area contributed by atoms with E-state index in [1.54, 1.807) is 42.5 Å². The number of hydrogen-bond acceptors (Lipinski definition) is 2. The Bertz CT molecular complexity index is 1210. The van der Waals surface area contributed by atoms with Gasteiger partial charge in [0.2, 0.25) is 0 Å². The maximum Gasteiger partial charge on any atom is 0.166 e. The third-order valence-electron chi connectivity index (χ3n) is 8.18. The zero-order valence-corrected chi connectivity index (χ0v) is 21.4. The van der Waals surface area contributed by atoms with Crippen LogP contribution in [-0.4, -0.2) is 11.7 Å². The molecule has 37 heavy (non-hydrogen) atoms. The standard InChI is InChI=1S/C32H35F3O2/c1-2-3-29(36)23-12-10-22(11-13-23)26-16-14-24(31(34)32(26)35)9-6-20-4-7-21(8-5-20)25-15-17-27(28(33)18-25)30-19-37-30/h10-18,20-21,29-30,36H,2-9,19H2,1H3. The molecule has 1 saturated carbocycles. The van der Waals surface area contributed by atoms with Gasteiger partial charge in [-0.25, -0.2) is 13.2 Å². The topological polar surface area (TPSA) is 32.8 Å². The van der Waals surface area contributed by atoms with Gasteiger partial charge >= 0.3 is 0 Å². The molecule has 196 valence electrons. The zero-order valence-electron chi connectivity index (χ0n) is 21.4. The molecule has 2 nitrogen and oxygen atoms in total. The van der Waals surface area contributed by atoms with Crippen LogP contribution in [0.3, 0.4) is 0 Å². The van der Waals surface area contributed by atoms with Crippen LogP contribution >= 0.6 is 0 Å². The summed E-state index contributed by atoms with van der Waals surface area (Å²) in [7, 11) is 0. The van der Waals surface area contributed by atoms with Crippen molar-refractivity contribution in [3.05, 3.63) is 94.3 Å². The van der Waals surface area contributed by atoms with Gasteiger partial charge in [-0.05, 0) is 85.1 Å². The highest BCUT2D eigenvalue weighted by Gasteiger charge is 2.29. The van der Waals surface area contributed by atoms with Crippen LogP contribution in [0.5, 0.6) is 0 Å². The molecule has 1 heterocycles. The van der Waals surface area contributed by atoms with Crippen molar-refractivity contribution in [3.8, 4) is 11.1 Å². The second-order valence-corrected chi connectivity index (χ2v) is 10.7. The summed E-state index contributed by atoms with van der Waals surface area (Å²) < 4.78 is 49.6. The number of aliphatic hydroxyl groups is 1. The highest BCUT2D eigenvalue weighted by molar-refractivity contribution is 5.65. The van der Waals surface area contributed by atoms with Crippen molar-refractivity contribution in [1.82, 2.24) is 0 Å². The van der Waals surface area contributed by atoms with Crippen LogP contribution in [0.4, 0.5) is 13.2 Å². The van der Waals surface area contributed by atoms with Gasteiger partial charge in [0.25, 0.3) is 0 Å². The van der Waals surface area contributed by atoms with Crippen molar-refractivity contribution < 1.29 is 23.0 Å². The van der Waals surface area contributed by atoms with Crippen LogP contribution in [-0.2, 0) is 11.2 Å². The number of rotatable bonds is 9. The van der Waals surface area contributed by atoms with E-state index in [2.05, 4.69) is 0 Å². The predicted molar refractivity (Wildman–Crippen MR) is 140 cm³/mol. The third kappa shape index (κ3) is 5.94. The molecule has 2 atom stereocenters. The minimum atomic E-state index is -0.815. The van der Waals surface area contributed by atoms with Crippen LogP contribution in [0.1, 0.15) is 92.2 Å². The van der Waals surface area contributed by atoms with Gasteiger partial charge in [-0.3, -0.25) is 0 Å². The molecule has 1 aliphatic heterocycles. The van der Waals surface area contributed by atoms with E-state index in [9.17, 15) is 18.3 Å². The largest absolute Gasteiger partial charge is 0.388 e. The second-order valence-electron chi connectivity index (χ2n) is 10.7. The molecule has 3 aromatic rings. The number of benzene rings is 3. The van der Waals surface area contributed by atoms with E-state index in [4.69, 9.17) is 4.74 Å². The van der Waals surface area contributed by atoms with Crippen LogP contribution in [0.25, 0.3) is 11.1 Å². The molecule has 2 aliphatic rings. The Balaban J connectivity index is 1.16. The fourth-order valence-corrected chi connectivity index (χ4v) is 5.76. The molecule has 2 unspecified atom stereocenters. The normalized spacial score (nSPS) is 22.1. The molecular formula is C32H35F3O2. The van der Waals surface area contributed by atoms with Crippen LogP contribution < -0.4 is 0 Å². The van der Waals surface area contributed by atoms with Crippen LogP contribution in [0.2, 0.25) is 0 Å². The molecule has 3 aromatic carbocycles. The van der Waals surface area contributed by atoms with Gasteiger partial charge < -0.3 is 9.84 Å². The fraction of sp³-hybridized carbons (Fsp3) is 0.438. The number of ether oxygens (including phenoxy) is 1. The van der Waals surface area contributed by atoms with Crippen molar-refractivity contribution >= 4 is 0 Å². The Morgan fingerprint density at radius 2 is 1.65 bits per heavy atom. The van der Waals surface area contributed by atoms with Crippen molar-refractivity contribution in [2.45, 2.75) is 76.4 Å². The van der Waals surface area contributed by atoms with Gasteiger partial charge in [0.05, 0.1) is 12.7 Å². The van der Waals surface area contributed by atoms with Crippen molar-refractivity contribution in [3.63, 3.8) is 0 Å². The Labute approximate surface area is 217 Å². The molecule has 2 fully saturated rings. The predicted octanol–water partition coefficient (Wildman–Crippen LogP) is 8.58. The minimum Gasteiger partial charge on any atom is -0.388 e. The van der Waals surface area contributed by atoms with Crippen molar-refractivity contribution in [2.24, 2.45) is 5.92 Å². The second kappa shape index (κ2) is 11.4. The van der Waals surface area contributed by atoms with Crippen molar-refractivity contribution in [1.29, 1.82) is 0 Å². The number of aryl methyl sites for hydroxylation is 1. The summed E-state index contributed by atoms with van der Waals surface area (Å²) >= 11 is 0. The van der Waals surface area contributed by atoms with Gasteiger partial charge in [-0.1, -0.05) is 61.9 Å². The van der Waals surface area contributed by atoms with E-state index in [1.807, 2.05) is 19.1 Å². The van der Waals surface area contributed by atoms with Gasteiger partial charge in [0.15, 0.2) is 11.6 Å². The first kappa shape index (κ1) is 26.0. The molecular weight excluding hydrogens is 473 g/mol. The van der Waals surface area contributed by atoms with E-state index in [-0.39, 0.29) is 17.5 Å². The van der Waals surface area contributed by atoms with Gasteiger partial charge in [-0.15, -0.1) is 0 Å². The molecule has 0 aromatic heterocycles. The Morgan fingerprint density at radius 3 is 2.30 bits per heavy atom. The maximum atomic E-state index is 15.0. The minimum absolute atomic E-state index is 0.0748. The Morgan fingerprint density at radius 1 is 0.919 bits per heavy atom. The molecule has 0 bridgehead atoms. The zero-order chi connectivity index (χ0) is 25.9. The van der Waals surface area contributed by atoms with Gasteiger partial charge in [0, 0.05) is 11.1 Å². The number of halogens is 3. The van der Waals surface area contributed by atoms with E-state index in [1.165, 1.54) is 0 Å². The highest BCUT2D eigenvalue weighted by atomic mass is 19.2. The summed E-state index contributed by atoms with van der Waals surface area (Å²) in [5.74, 6) is -0.943. The summed E-state index contributed by atoms with van der Waals surface area (Å²) in [6.07, 6.45) is 6.25. The molecule has 1 N–H and O–H groups in total. The lowest BCUT2D eigenvalue weighted by Gasteiger charge is -2.29.